The van der Waals surface area contributed by atoms with Gasteiger partial charge in [0.05, 0.1) is 12.6 Å². The van der Waals surface area contributed by atoms with Crippen molar-refractivity contribution in [1.82, 2.24) is 0 Å². The molecule has 3 aromatic rings. The molecule has 4 rings (SSSR count). The van der Waals surface area contributed by atoms with Gasteiger partial charge in [-0.25, -0.2) is 4.79 Å². The van der Waals surface area contributed by atoms with Gasteiger partial charge in [-0.15, -0.1) is 0 Å². The maximum atomic E-state index is 13.9. The largest absolute Gasteiger partial charge is 0.497 e. The molecule has 1 heterocycles. The fourth-order valence-electron chi connectivity index (χ4n) is 4.41. The van der Waals surface area contributed by atoms with Gasteiger partial charge in [0, 0.05) is 16.9 Å². The van der Waals surface area contributed by atoms with Gasteiger partial charge in [-0.2, -0.15) is 0 Å². The highest BCUT2D eigenvalue weighted by molar-refractivity contribution is 6.09. The number of carbonyl (C=O) groups excluding carboxylic acids is 1. The minimum Gasteiger partial charge on any atom is -0.497 e. The number of aryl methyl sites for hydroxylation is 2. The van der Waals surface area contributed by atoms with Crippen LogP contribution in [0.15, 0.2) is 72.8 Å². The van der Waals surface area contributed by atoms with Gasteiger partial charge >= 0.3 is 6.03 Å². The normalized spacial score (nSPS) is 20.3. The minimum atomic E-state index is -1.59. The molecule has 1 N–H and O–H groups in total. The first-order chi connectivity index (χ1) is 14.7. The van der Waals surface area contributed by atoms with Crippen LogP contribution in [0, 0.1) is 13.8 Å². The summed E-state index contributed by atoms with van der Waals surface area (Å²) >= 11 is 0. The van der Waals surface area contributed by atoms with Gasteiger partial charge in [-0.05, 0) is 64.1 Å². The number of hydrogen-bond acceptors (Lipinski definition) is 3. The number of nitrogens with zero attached hydrogens (tertiary/aromatic N) is 2. The number of ether oxygens (including phenoxy) is 1. The smallest absolute Gasteiger partial charge is 0.332 e. The summed E-state index contributed by atoms with van der Waals surface area (Å²) < 4.78 is 5.27. The molecular weight excluding hydrogens is 388 g/mol. The predicted molar refractivity (Wildman–Crippen MR) is 124 cm³/mol. The molecule has 1 aliphatic heterocycles. The lowest BCUT2D eigenvalue weighted by Crippen LogP contribution is -2.56. The second kappa shape index (κ2) is 7.43. The third kappa shape index (κ3) is 3.17. The van der Waals surface area contributed by atoms with Gasteiger partial charge in [0.15, 0.2) is 5.72 Å². The van der Waals surface area contributed by atoms with Crippen molar-refractivity contribution in [3.8, 4) is 5.75 Å². The zero-order chi connectivity index (χ0) is 22.4. The van der Waals surface area contributed by atoms with E-state index >= 15 is 0 Å². The van der Waals surface area contributed by atoms with Gasteiger partial charge in [-0.1, -0.05) is 47.5 Å². The van der Waals surface area contributed by atoms with Crippen LogP contribution in [0.5, 0.6) is 5.75 Å². The third-order valence-electron chi connectivity index (χ3n) is 6.16. The number of hydrogen-bond donors (Lipinski definition) is 1. The minimum absolute atomic E-state index is 0.289. The van der Waals surface area contributed by atoms with E-state index in [4.69, 9.17) is 4.74 Å². The number of anilines is 2. The third-order valence-corrected chi connectivity index (χ3v) is 6.16. The summed E-state index contributed by atoms with van der Waals surface area (Å²) in [6.07, 6.45) is 0. The fraction of sp³-hybridized carbons (Fsp3) is 0.269. The van der Waals surface area contributed by atoms with Crippen molar-refractivity contribution in [2.24, 2.45) is 0 Å². The molecular formula is C26H28N2O3. The molecule has 1 unspecified atom stereocenters. The molecule has 0 saturated carbocycles. The van der Waals surface area contributed by atoms with E-state index in [0.717, 1.165) is 11.1 Å². The van der Waals surface area contributed by atoms with Crippen LogP contribution in [0.25, 0.3) is 0 Å². The van der Waals surface area contributed by atoms with Crippen LogP contribution in [0.1, 0.15) is 30.5 Å². The lowest BCUT2D eigenvalue weighted by molar-refractivity contribution is -0.00251. The SMILES string of the molecule is COc1ccc(N2C(=O)N(c3ccc(C)cc3)C(O)(c3cccc(C)c3)C2(C)C)cc1. The maximum absolute atomic E-state index is 13.9. The molecule has 160 valence electrons. The van der Waals surface area contributed by atoms with E-state index in [0.29, 0.717) is 22.7 Å². The van der Waals surface area contributed by atoms with Gasteiger partial charge in [-0.3, -0.25) is 9.80 Å². The Labute approximate surface area is 183 Å². The summed E-state index contributed by atoms with van der Waals surface area (Å²) in [7, 11) is 1.61. The Hall–Kier alpha value is -3.31. The molecule has 1 aliphatic rings. The van der Waals surface area contributed by atoms with Gasteiger partial charge < -0.3 is 9.84 Å². The molecule has 1 atom stereocenters. The van der Waals surface area contributed by atoms with E-state index < -0.39 is 11.3 Å². The molecule has 5 heteroatoms. The second-order valence-corrected chi connectivity index (χ2v) is 8.59. The molecule has 1 fully saturated rings. The molecule has 31 heavy (non-hydrogen) atoms. The fourth-order valence-corrected chi connectivity index (χ4v) is 4.41. The molecule has 0 aliphatic carbocycles. The Morgan fingerprint density at radius 3 is 1.97 bits per heavy atom. The lowest BCUT2D eigenvalue weighted by atomic mass is 9.83. The highest BCUT2D eigenvalue weighted by atomic mass is 16.5. The molecule has 5 nitrogen and oxygen atoms in total. The number of amides is 2. The molecule has 2 amide bonds. The van der Waals surface area contributed by atoms with Crippen molar-refractivity contribution in [3.05, 3.63) is 89.5 Å². The average molecular weight is 417 g/mol. The monoisotopic (exact) mass is 416 g/mol. The Balaban J connectivity index is 1.94. The van der Waals surface area contributed by atoms with Crippen LogP contribution in [0.3, 0.4) is 0 Å². The summed E-state index contributed by atoms with van der Waals surface area (Å²) in [5.41, 5.74) is 1.53. The van der Waals surface area contributed by atoms with Crippen LogP contribution < -0.4 is 14.5 Å². The van der Waals surface area contributed by atoms with Crippen LogP contribution >= 0.6 is 0 Å². The van der Waals surface area contributed by atoms with Gasteiger partial charge in [0.25, 0.3) is 0 Å². The average Bonchev–Trinajstić information content (AvgIpc) is 2.91. The molecule has 0 bridgehead atoms. The van der Waals surface area contributed by atoms with Crippen molar-refractivity contribution < 1.29 is 14.6 Å². The zero-order valence-corrected chi connectivity index (χ0v) is 18.6. The standard InChI is InChI=1S/C26H28N2O3/c1-18-9-11-22(12-10-18)28-24(29)27(21-13-15-23(31-5)16-14-21)25(3,4)26(28,30)20-8-6-7-19(2)17-20/h6-17,30H,1-5H3. The molecule has 0 radical (unpaired) electrons. The Morgan fingerprint density at radius 1 is 0.806 bits per heavy atom. The van der Waals surface area contributed by atoms with Crippen LogP contribution in [0.4, 0.5) is 16.2 Å². The van der Waals surface area contributed by atoms with Crippen molar-refractivity contribution in [3.63, 3.8) is 0 Å². The Bertz CT molecular complexity index is 1110. The van der Waals surface area contributed by atoms with E-state index in [1.807, 2.05) is 100 Å². The van der Waals surface area contributed by atoms with Crippen LogP contribution in [0.2, 0.25) is 0 Å². The lowest BCUT2D eigenvalue weighted by Gasteiger charge is -2.42. The maximum Gasteiger partial charge on any atom is 0.332 e. The first-order valence-electron chi connectivity index (χ1n) is 10.3. The second-order valence-electron chi connectivity index (χ2n) is 8.59. The van der Waals surface area contributed by atoms with Gasteiger partial charge in [0.1, 0.15) is 5.75 Å². The molecule has 3 aromatic carbocycles. The van der Waals surface area contributed by atoms with Crippen molar-refractivity contribution >= 4 is 17.4 Å². The first kappa shape index (κ1) is 20.9. The number of aliphatic hydroxyl groups is 1. The highest BCUT2D eigenvalue weighted by Gasteiger charge is 2.64. The number of urea groups is 1. The highest BCUT2D eigenvalue weighted by Crippen LogP contribution is 2.50. The summed E-state index contributed by atoms with van der Waals surface area (Å²) in [6, 6.07) is 22.4. The Morgan fingerprint density at radius 2 is 1.39 bits per heavy atom. The number of carbonyl (C=O) groups is 1. The van der Waals surface area contributed by atoms with E-state index in [-0.39, 0.29) is 6.03 Å². The van der Waals surface area contributed by atoms with Crippen molar-refractivity contribution in [1.29, 1.82) is 0 Å². The first-order valence-corrected chi connectivity index (χ1v) is 10.3. The van der Waals surface area contributed by atoms with E-state index in [2.05, 4.69) is 0 Å². The van der Waals surface area contributed by atoms with Crippen molar-refractivity contribution in [2.45, 2.75) is 39.0 Å². The summed E-state index contributed by atoms with van der Waals surface area (Å²) in [5, 5.41) is 12.3. The van der Waals surface area contributed by atoms with E-state index in [9.17, 15) is 9.90 Å². The van der Waals surface area contributed by atoms with Crippen LogP contribution in [-0.2, 0) is 5.72 Å². The number of rotatable bonds is 4. The van der Waals surface area contributed by atoms with Crippen molar-refractivity contribution in [2.75, 3.05) is 16.9 Å². The molecule has 0 aromatic heterocycles. The number of benzene rings is 3. The van der Waals surface area contributed by atoms with E-state index in [1.54, 1.807) is 12.0 Å². The zero-order valence-electron chi connectivity index (χ0n) is 18.6. The summed E-state index contributed by atoms with van der Waals surface area (Å²) in [5.74, 6) is 0.706. The topological polar surface area (TPSA) is 53.0 Å². The van der Waals surface area contributed by atoms with Gasteiger partial charge in [0.2, 0.25) is 0 Å². The summed E-state index contributed by atoms with van der Waals surface area (Å²) in [6.45, 7) is 7.77. The number of methoxy groups -OCH3 is 1. The van der Waals surface area contributed by atoms with E-state index in [1.165, 1.54) is 4.90 Å². The summed E-state index contributed by atoms with van der Waals surface area (Å²) in [4.78, 5) is 17.1. The molecule has 1 saturated heterocycles. The quantitative estimate of drug-likeness (QED) is 0.621. The Kier molecular flexibility index (Phi) is 5.02. The molecule has 0 spiro atoms. The predicted octanol–water partition coefficient (Wildman–Crippen LogP) is 5.38. The van der Waals surface area contributed by atoms with Crippen LogP contribution in [-0.4, -0.2) is 23.8 Å².